The molecule has 100 valence electrons. The van der Waals surface area contributed by atoms with Crippen molar-refractivity contribution in [3.63, 3.8) is 0 Å². The van der Waals surface area contributed by atoms with Gasteiger partial charge in [-0.05, 0) is 45.7 Å². The molecule has 2 rings (SSSR count). The molecule has 0 aromatic rings. The Kier molecular flexibility index (Phi) is 5.26. The highest BCUT2D eigenvalue weighted by Crippen LogP contribution is 2.21. The van der Waals surface area contributed by atoms with Gasteiger partial charge < -0.3 is 10.1 Å². The highest BCUT2D eigenvalue weighted by Gasteiger charge is 2.25. The van der Waals surface area contributed by atoms with Gasteiger partial charge in [0.1, 0.15) is 0 Å². The van der Waals surface area contributed by atoms with Crippen LogP contribution in [0.1, 0.15) is 45.4 Å². The molecule has 0 radical (unpaired) electrons. The summed E-state index contributed by atoms with van der Waals surface area (Å²) in [7, 11) is 1.86. The van der Waals surface area contributed by atoms with E-state index in [2.05, 4.69) is 17.1 Å². The van der Waals surface area contributed by atoms with Crippen molar-refractivity contribution in [2.75, 3.05) is 26.7 Å². The second-order valence-corrected chi connectivity index (χ2v) is 5.67. The van der Waals surface area contributed by atoms with E-state index in [4.69, 9.17) is 4.74 Å². The fourth-order valence-corrected chi connectivity index (χ4v) is 3.25. The van der Waals surface area contributed by atoms with Crippen LogP contribution < -0.4 is 5.32 Å². The second kappa shape index (κ2) is 6.72. The molecule has 2 aliphatic rings. The Labute approximate surface area is 106 Å². The first kappa shape index (κ1) is 13.3. The van der Waals surface area contributed by atoms with Gasteiger partial charge in [-0.1, -0.05) is 12.8 Å². The summed E-state index contributed by atoms with van der Waals surface area (Å²) in [6.45, 7) is 6.05. The highest BCUT2D eigenvalue weighted by atomic mass is 16.5. The topological polar surface area (TPSA) is 24.5 Å². The van der Waals surface area contributed by atoms with Crippen LogP contribution in [0.5, 0.6) is 0 Å². The number of hydrogen-bond donors (Lipinski definition) is 1. The van der Waals surface area contributed by atoms with Crippen molar-refractivity contribution < 1.29 is 4.74 Å². The second-order valence-electron chi connectivity index (χ2n) is 5.67. The molecular weight excluding hydrogens is 212 g/mol. The van der Waals surface area contributed by atoms with E-state index < -0.39 is 0 Å². The maximum atomic E-state index is 5.59. The van der Waals surface area contributed by atoms with Crippen molar-refractivity contribution in [2.45, 2.75) is 63.6 Å². The van der Waals surface area contributed by atoms with Crippen LogP contribution in [0.2, 0.25) is 0 Å². The van der Waals surface area contributed by atoms with Gasteiger partial charge >= 0.3 is 0 Å². The average molecular weight is 240 g/mol. The lowest BCUT2D eigenvalue weighted by molar-refractivity contribution is 0.0396. The van der Waals surface area contributed by atoms with E-state index in [1.165, 1.54) is 51.6 Å². The molecule has 3 unspecified atom stereocenters. The summed E-state index contributed by atoms with van der Waals surface area (Å²) < 4.78 is 5.59. The van der Waals surface area contributed by atoms with Crippen molar-refractivity contribution in [1.82, 2.24) is 10.2 Å². The van der Waals surface area contributed by atoms with Crippen LogP contribution in [0.4, 0.5) is 0 Å². The van der Waals surface area contributed by atoms with Crippen LogP contribution >= 0.6 is 0 Å². The molecule has 1 aliphatic carbocycles. The molecule has 0 amide bonds. The lowest BCUT2D eigenvalue weighted by Gasteiger charge is -2.33. The van der Waals surface area contributed by atoms with Gasteiger partial charge in [0.2, 0.25) is 0 Å². The number of likely N-dealkylation sites (tertiary alicyclic amines) is 1. The van der Waals surface area contributed by atoms with Crippen LogP contribution in [0.15, 0.2) is 0 Å². The SMILES string of the molecule is COC1CCCCC1NCC(C)N1CCCC1. The lowest BCUT2D eigenvalue weighted by atomic mass is 9.92. The Balaban J connectivity index is 1.72. The molecule has 1 N–H and O–H groups in total. The molecule has 0 spiro atoms. The van der Waals surface area contributed by atoms with Gasteiger partial charge in [-0.3, -0.25) is 4.90 Å². The standard InChI is InChI=1S/C14H28N2O/c1-12(16-9-5-6-10-16)11-15-13-7-3-4-8-14(13)17-2/h12-15H,3-11H2,1-2H3. The predicted octanol–water partition coefficient (Wildman–Crippen LogP) is 2.02. The molecule has 3 atom stereocenters. The van der Waals surface area contributed by atoms with Crippen molar-refractivity contribution in [2.24, 2.45) is 0 Å². The molecule has 1 saturated heterocycles. The number of rotatable bonds is 5. The number of nitrogens with zero attached hydrogens (tertiary/aromatic N) is 1. The summed E-state index contributed by atoms with van der Waals surface area (Å²) in [5, 5.41) is 3.73. The van der Waals surface area contributed by atoms with Gasteiger partial charge in [0, 0.05) is 25.7 Å². The maximum Gasteiger partial charge on any atom is 0.0724 e. The van der Waals surface area contributed by atoms with Crippen LogP contribution in [0.3, 0.4) is 0 Å². The van der Waals surface area contributed by atoms with Crippen molar-refractivity contribution in [1.29, 1.82) is 0 Å². The van der Waals surface area contributed by atoms with Crippen molar-refractivity contribution >= 4 is 0 Å². The quantitative estimate of drug-likeness (QED) is 0.795. The monoisotopic (exact) mass is 240 g/mol. The summed E-state index contributed by atoms with van der Waals surface area (Å²) >= 11 is 0. The summed E-state index contributed by atoms with van der Waals surface area (Å²) in [6.07, 6.45) is 8.41. The zero-order valence-electron chi connectivity index (χ0n) is 11.5. The molecule has 17 heavy (non-hydrogen) atoms. The molecule has 2 fully saturated rings. The van der Waals surface area contributed by atoms with Crippen molar-refractivity contribution in [3.8, 4) is 0 Å². The molecule has 0 aromatic heterocycles. The number of methoxy groups -OCH3 is 1. The largest absolute Gasteiger partial charge is 0.380 e. The summed E-state index contributed by atoms with van der Waals surface area (Å²) in [6, 6.07) is 1.26. The first-order valence-electron chi connectivity index (χ1n) is 7.31. The Morgan fingerprint density at radius 2 is 1.88 bits per heavy atom. The summed E-state index contributed by atoms with van der Waals surface area (Å²) in [5.74, 6) is 0. The molecule has 3 heteroatoms. The van der Waals surface area contributed by atoms with Gasteiger partial charge in [-0.15, -0.1) is 0 Å². The van der Waals surface area contributed by atoms with Gasteiger partial charge in [0.05, 0.1) is 6.10 Å². The lowest BCUT2D eigenvalue weighted by Crippen LogP contribution is -2.48. The number of nitrogens with one attached hydrogen (secondary N) is 1. The van der Waals surface area contributed by atoms with E-state index in [9.17, 15) is 0 Å². The van der Waals surface area contributed by atoms with Gasteiger partial charge in [-0.2, -0.15) is 0 Å². The first-order valence-corrected chi connectivity index (χ1v) is 7.31. The van der Waals surface area contributed by atoms with Crippen LogP contribution in [0.25, 0.3) is 0 Å². The fourth-order valence-electron chi connectivity index (χ4n) is 3.25. The Bertz CT molecular complexity index is 216. The van der Waals surface area contributed by atoms with Crippen LogP contribution in [-0.2, 0) is 4.74 Å². The van der Waals surface area contributed by atoms with E-state index in [1.54, 1.807) is 0 Å². The average Bonchev–Trinajstić information content (AvgIpc) is 2.90. The normalized spacial score (nSPS) is 32.8. The molecule has 1 heterocycles. The minimum absolute atomic E-state index is 0.439. The van der Waals surface area contributed by atoms with E-state index in [0.29, 0.717) is 18.2 Å². The highest BCUT2D eigenvalue weighted by molar-refractivity contribution is 4.84. The van der Waals surface area contributed by atoms with Crippen molar-refractivity contribution in [3.05, 3.63) is 0 Å². The van der Waals surface area contributed by atoms with Gasteiger partial charge in [-0.25, -0.2) is 0 Å². The zero-order valence-corrected chi connectivity index (χ0v) is 11.5. The fraction of sp³-hybridized carbons (Fsp3) is 1.00. The molecule has 0 aromatic carbocycles. The zero-order chi connectivity index (χ0) is 12.1. The molecule has 1 aliphatic heterocycles. The Morgan fingerprint density at radius 3 is 2.59 bits per heavy atom. The van der Waals surface area contributed by atoms with Gasteiger partial charge in [0.25, 0.3) is 0 Å². The molecule has 0 bridgehead atoms. The van der Waals surface area contributed by atoms with E-state index in [1.807, 2.05) is 7.11 Å². The smallest absolute Gasteiger partial charge is 0.0724 e. The summed E-state index contributed by atoms with van der Waals surface area (Å²) in [5.41, 5.74) is 0. The van der Waals surface area contributed by atoms with Crippen LogP contribution in [0, 0.1) is 0 Å². The summed E-state index contributed by atoms with van der Waals surface area (Å²) in [4.78, 5) is 2.61. The first-order chi connectivity index (χ1) is 8.31. The van der Waals surface area contributed by atoms with E-state index in [0.717, 1.165) is 6.54 Å². The predicted molar refractivity (Wildman–Crippen MR) is 71.3 cm³/mol. The third kappa shape index (κ3) is 3.67. The Morgan fingerprint density at radius 1 is 1.18 bits per heavy atom. The maximum absolute atomic E-state index is 5.59. The minimum Gasteiger partial charge on any atom is -0.380 e. The third-order valence-corrected chi connectivity index (χ3v) is 4.44. The van der Waals surface area contributed by atoms with E-state index in [-0.39, 0.29) is 0 Å². The van der Waals surface area contributed by atoms with Gasteiger partial charge in [0.15, 0.2) is 0 Å². The third-order valence-electron chi connectivity index (χ3n) is 4.44. The Hall–Kier alpha value is -0.120. The number of ether oxygens (including phenoxy) is 1. The van der Waals surface area contributed by atoms with E-state index >= 15 is 0 Å². The molecule has 3 nitrogen and oxygen atoms in total. The number of hydrogen-bond acceptors (Lipinski definition) is 3. The molecular formula is C14H28N2O. The molecule has 1 saturated carbocycles. The minimum atomic E-state index is 0.439. The van der Waals surface area contributed by atoms with Crippen LogP contribution in [-0.4, -0.2) is 49.8 Å².